The molecule has 0 aliphatic carbocycles. The van der Waals surface area contributed by atoms with E-state index in [0.717, 1.165) is 17.0 Å². The lowest BCUT2D eigenvalue weighted by Crippen LogP contribution is -1.97. The van der Waals surface area contributed by atoms with Gasteiger partial charge in [-0.3, -0.25) is 9.79 Å². The van der Waals surface area contributed by atoms with Gasteiger partial charge in [-0.1, -0.05) is 0 Å². The van der Waals surface area contributed by atoms with Crippen molar-refractivity contribution < 1.29 is 9.90 Å². The lowest BCUT2D eigenvalue weighted by atomic mass is 10.0. The van der Waals surface area contributed by atoms with E-state index in [2.05, 4.69) is 9.98 Å². The number of carboxylic acid groups (broad SMARTS) is 1. The number of carbonyl (C=O) groups is 1. The van der Waals surface area contributed by atoms with Crippen LogP contribution in [0, 0.1) is 0 Å². The molecule has 0 amide bonds. The van der Waals surface area contributed by atoms with Gasteiger partial charge in [0.1, 0.15) is 0 Å². The summed E-state index contributed by atoms with van der Waals surface area (Å²) in [4.78, 5) is 17.9. The number of hydrogen-bond donors (Lipinski definition) is 2. The van der Waals surface area contributed by atoms with Crippen LogP contribution in [-0.2, 0) is 4.79 Å². The van der Waals surface area contributed by atoms with E-state index in [9.17, 15) is 4.79 Å². The Kier molecular flexibility index (Phi) is 3.00. The third kappa shape index (κ3) is 2.28. The van der Waals surface area contributed by atoms with Crippen molar-refractivity contribution in [1.29, 1.82) is 0 Å². The van der Waals surface area contributed by atoms with E-state index in [0.29, 0.717) is 6.42 Å². The normalized spacial score (nSPS) is 16.8. The molecule has 0 unspecified atom stereocenters. The van der Waals surface area contributed by atoms with Crippen LogP contribution < -0.4 is 0 Å². The molecule has 1 aromatic heterocycles. The fraction of sp³-hybridized carbons (Fsp3) is 0.167. The average molecular weight is 216 g/mol. The minimum absolute atomic E-state index is 0.112. The third-order valence-electron chi connectivity index (χ3n) is 2.37. The molecule has 0 saturated heterocycles. The Morgan fingerprint density at radius 3 is 2.88 bits per heavy atom. The summed E-state index contributed by atoms with van der Waals surface area (Å²) in [5.74, 6) is -0.796. The molecule has 1 aromatic rings. The van der Waals surface area contributed by atoms with Crippen molar-refractivity contribution in [1.82, 2.24) is 4.98 Å². The van der Waals surface area contributed by atoms with E-state index in [1.165, 1.54) is 0 Å². The van der Waals surface area contributed by atoms with E-state index in [-0.39, 0.29) is 6.42 Å². The molecule has 0 saturated carbocycles. The number of rotatable bonds is 4. The number of aliphatic imine (C=N–C) groups is 1. The van der Waals surface area contributed by atoms with E-state index in [1.54, 1.807) is 6.21 Å². The second-order valence-electron chi connectivity index (χ2n) is 3.48. The van der Waals surface area contributed by atoms with Crippen LogP contribution in [0.4, 0.5) is 0 Å². The Hall–Kier alpha value is -2.10. The van der Waals surface area contributed by atoms with Crippen LogP contribution in [0.25, 0.3) is 5.57 Å². The molecule has 0 fully saturated rings. The van der Waals surface area contributed by atoms with Gasteiger partial charge in [-0.25, -0.2) is 0 Å². The Morgan fingerprint density at radius 1 is 1.44 bits per heavy atom. The Bertz CT molecular complexity index is 453. The number of aliphatic carboxylic acids is 1. The van der Waals surface area contributed by atoms with Gasteiger partial charge in [-0.2, -0.15) is 0 Å². The zero-order chi connectivity index (χ0) is 11.4. The molecule has 1 aliphatic rings. The fourth-order valence-corrected chi connectivity index (χ4v) is 1.63. The molecule has 4 nitrogen and oxygen atoms in total. The van der Waals surface area contributed by atoms with Crippen LogP contribution in [-0.4, -0.2) is 22.3 Å². The molecule has 0 spiro atoms. The van der Waals surface area contributed by atoms with Crippen LogP contribution in [0.1, 0.15) is 18.5 Å². The van der Waals surface area contributed by atoms with Gasteiger partial charge in [0.15, 0.2) is 0 Å². The maximum atomic E-state index is 10.6. The molecular weight excluding hydrogens is 204 g/mol. The number of hydrogen-bond acceptors (Lipinski definition) is 2. The SMILES string of the molecule is O=C(O)CC/C(=C1\C=CC=N1)c1ccc[nH]1. The van der Waals surface area contributed by atoms with Crippen molar-refractivity contribution in [3.8, 4) is 0 Å². The highest BCUT2D eigenvalue weighted by Gasteiger charge is 2.11. The van der Waals surface area contributed by atoms with Crippen molar-refractivity contribution >= 4 is 17.8 Å². The standard InChI is InChI=1S/C12H12N2O2/c15-12(16)6-5-9(10-3-1-7-13-10)11-4-2-8-14-11/h1-4,7-8,13H,5-6H2,(H,15,16)/b11-9-. The van der Waals surface area contributed by atoms with Gasteiger partial charge in [0, 0.05) is 30.1 Å². The lowest BCUT2D eigenvalue weighted by Gasteiger charge is -2.05. The first-order valence-electron chi connectivity index (χ1n) is 5.07. The van der Waals surface area contributed by atoms with Crippen molar-refractivity contribution in [3.63, 3.8) is 0 Å². The number of carboxylic acids is 1. The molecule has 2 heterocycles. The molecular formula is C12H12N2O2. The number of nitrogens with one attached hydrogen (secondary N) is 1. The zero-order valence-corrected chi connectivity index (χ0v) is 8.68. The molecule has 0 bridgehead atoms. The van der Waals surface area contributed by atoms with Gasteiger partial charge in [-0.15, -0.1) is 0 Å². The molecule has 0 radical (unpaired) electrons. The number of H-pyrrole nitrogens is 1. The van der Waals surface area contributed by atoms with Gasteiger partial charge in [-0.05, 0) is 30.7 Å². The highest BCUT2D eigenvalue weighted by molar-refractivity contribution is 5.83. The van der Waals surface area contributed by atoms with E-state index in [1.807, 2.05) is 30.5 Å². The van der Waals surface area contributed by atoms with Gasteiger partial charge in [0.2, 0.25) is 0 Å². The molecule has 2 N–H and O–H groups in total. The molecule has 2 rings (SSSR count). The quantitative estimate of drug-likeness (QED) is 0.810. The predicted molar refractivity (Wildman–Crippen MR) is 62.2 cm³/mol. The summed E-state index contributed by atoms with van der Waals surface area (Å²) in [6.07, 6.45) is 7.85. The molecule has 0 aromatic carbocycles. The first-order valence-corrected chi connectivity index (χ1v) is 5.07. The Labute approximate surface area is 93.0 Å². The maximum absolute atomic E-state index is 10.6. The van der Waals surface area contributed by atoms with Crippen LogP contribution in [0.5, 0.6) is 0 Å². The van der Waals surface area contributed by atoms with Crippen LogP contribution >= 0.6 is 0 Å². The lowest BCUT2D eigenvalue weighted by molar-refractivity contribution is -0.136. The number of allylic oxidation sites excluding steroid dienone is 3. The van der Waals surface area contributed by atoms with Crippen molar-refractivity contribution in [2.24, 2.45) is 4.99 Å². The summed E-state index contributed by atoms with van der Waals surface area (Å²) in [5, 5.41) is 8.71. The van der Waals surface area contributed by atoms with Crippen molar-refractivity contribution in [3.05, 3.63) is 41.9 Å². The monoisotopic (exact) mass is 216 g/mol. The van der Waals surface area contributed by atoms with E-state index in [4.69, 9.17) is 5.11 Å². The topological polar surface area (TPSA) is 65.4 Å². The van der Waals surface area contributed by atoms with Gasteiger partial charge < -0.3 is 10.1 Å². The molecule has 0 atom stereocenters. The maximum Gasteiger partial charge on any atom is 0.303 e. The summed E-state index contributed by atoms with van der Waals surface area (Å²) in [6.45, 7) is 0. The highest BCUT2D eigenvalue weighted by atomic mass is 16.4. The summed E-state index contributed by atoms with van der Waals surface area (Å²) in [7, 11) is 0. The smallest absolute Gasteiger partial charge is 0.303 e. The largest absolute Gasteiger partial charge is 0.481 e. The predicted octanol–water partition coefficient (Wildman–Crippen LogP) is 2.23. The molecule has 82 valence electrons. The Balaban J connectivity index is 2.27. The van der Waals surface area contributed by atoms with Crippen LogP contribution in [0.3, 0.4) is 0 Å². The summed E-state index contributed by atoms with van der Waals surface area (Å²) in [5.41, 5.74) is 2.71. The average Bonchev–Trinajstić information content (AvgIpc) is 2.88. The molecule has 1 aliphatic heterocycles. The zero-order valence-electron chi connectivity index (χ0n) is 8.68. The van der Waals surface area contributed by atoms with E-state index >= 15 is 0 Å². The van der Waals surface area contributed by atoms with Crippen LogP contribution in [0.2, 0.25) is 0 Å². The van der Waals surface area contributed by atoms with Gasteiger partial charge in [0.05, 0.1) is 5.70 Å². The first kappa shape index (κ1) is 10.4. The summed E-state index contributed by atoms with van der Waals surface area (Å²) < 4.78 is 0. The fourth-order valence-electron chi connectivity index (χ4n) is 1.63. The van der Waals surface area contributed by atoms with Crippen molar-refractivity contribution in [2.45, 2.75) is 12.8 Å². The van der Waals surface area contributed by atoms with E-state index < -0.39 is 5.97 Å². The number of aromatic nitrogens is 1. The molecule has 16 heavy (non-hydrogen) atoms. The minimum Gasteiger partial charge on any atom is -0.481 e. The third-order valence-corrected chi connectivity index (χ3v) is 2.37. The summed E-state index contributed by atoms with van der Waals surface area (Å²) >= 11 is 0. The minimum atomic E-state index is -0.796. The number of nitrogens with zero attached hydrogens (tertiary/aromatic N) is 1. The van der Waals surface area contributed by atoms with Crippen LogP contribution in [0.15, 0.2) is 41.2 Å². The second-order valence-corrected chi connectivity index (χ2v) is 3.48. The Morgan fingerprint density at radius 2 is 2.31 bits per heavy atom. The summed E-state index contributed by atoms with van der Waals surface area (Å²) in [6, 6.07) is 3.81. The molecule has 4 heteroatoms. The highest BCUT2D eigenvalue weighted by Crippen LogP contribution is 2.25. The van der Waals surface area contributed by atoms with Crippen molar-refractivity contribution in [2.75, 3.05) is 0 Å². The first-order chi connectivity index (χ1) is 7.77. The second kappa shape index (κ2) is 4.61. The van der Waals surface area contributed by atoms with Gasteiger partial charge in [0.25, 0.3) is 0 Å². The van der Waals surface area contributed by atoms with Gasteiger partial charge >= 0.3 is 5.97 Å². The number of aromatic amines is 1.